The Morgan fingerprint density at radius 1 is 1.29 bits per heavy atom. The van der Waals surface area contributed by atoms with Gasteiger partial charge in [-0.15, -0.1) is 0 Å². The quantitative estimate of drug-likeness (QED) is 0.846. The summed E-state index contributed by atoms with van der Waals surface area (Å²) in [6.45, 7) is 4.42. The van der Waals surface area contributed by atoms with Gasteiger partial charge in [-0.2, -0.15) is 0 Å². The first kappa shape index (κ1) is 16.2. The SMILES string of the molecule is CCC1CCCC(Oc2cccc(OC)c2C(C)NC)C1. The second kappa shape index (κ2) is 7.69. The Labute approximate surface area is 129 Å². The van der Waals surface area contributed by atoms with Crippen molar-refractivity contribution in [3.8, 4) is 11.5 Å². The summed E-state index contributed by atoms with van der Waals surface area (Å²) >= 11 is 0. The van der Waals surface area contributed by atoms with Crippen LogP contribution in [0.2, 0.25) is 0 Å². The van der Waals surface area contributed by atoms with E-state index in [1.165, 1.54) is 32.1 Å². The Morgan fingerprint density at radius 2 is 2.05 bits per heavy atom. The zero-order chi connectivity index (χ0) is 15.2. The Hall–Kier alpha value is -1.22. The molecule has 3 heteroatoms. The Balaban J connectivity index is 2.19. The van der Waals surface area contributed by atoms with Gasteiger partial charge in [-0.3, -0.25) is 0 Å². The standard InChI is InChI=1S/C18H29NO2/c1-5-14-8-6-9-15(12-14)21-17-11-7-10-16(20-4)18(17)13(2)19-3/h7,10-11,13-15,19H,5-6,8-9,12H2,1-4H3. The molecule has 2 rings (SSSR count). The van der Waals surface area contributed by atoms with Gasteiger partial charge in [-0.1, -0.05) is 25.8 Å². The maximum Gasteiger partial charge on any atom is 0.128 e. The summed E-state index contributed by atoms with van der Waals surface area (Å²) in [7, 11) is 3.69. The van der Waals surface area contributed by atoms with Crippen molar-refractivity contribution in [2.45, 2.75) is 58.1 Å². The number of benzene rings is 1. The molecule has 1 aromatic rings. The third-order valence-electron chi connectivity index (χ3n) is 4.72. The van der Waals surface area contributed by atoms with Crippen LogP contribution in [0.25, 0.3) is 0 Å². The van der Waals surface area contributed by atoms with Crippen molar-refractivity contribution in [3.05, 3.63) is 23.8 Å². The number of methoxy groups -OCH3 is 1. The molecule has 1 aliphatic rings. The van der Waals surface area contributed by atoms with E-state index in [2.05, 4.69) is 25.2 Å². The highest BCUT2D eigenvalue weighted by molar-refractivity contribution is 5.46. The van der Waals surface area contributed by atoms with E-state index in [9.17, 15) is 0 Å². The van der Waals surface area contributed by atoms with E-state index in [0.29, 0.717) is 6.10 Å². The van der Waals surface area contributed by atoms with Gasteiger partial charge >= 0.3 is 0 Å². The number of hydrogen-bond acceptors (Lipinski definition) is 3. The second-order valence-electron chi connectivity index (χ2n) is 6.06. The summed E-state index contributed by atoms with van der Waals surface area (Å²) in [5, 5.41) is 3.29. The van der Waals surface area contributed by atoms with Crippen molar-refractivity contribution < 1.29 is 9.47 Å². The van der Waals surface area contributed by atoms with Gasteiger partial charge in [0.05, 0.1) is 18.8 Å². The van der Waals surface area contributed by atoms with Crippen molar-refractivity contribution in [2.24, 2.45) is 5.92 Å². The molecule has 0 saturated heterocycles. The van der Waals surface area contributed by atoms with Gasteiger partial charge in [-0.25, -0.2) is 0 Å². The van der Waals surface area contributed by atoms with Crippen molar-refractivity contribution in [1.29, 1.82) is 0 Å². The molecule has 1 N–H and O–H groups in total. The van der Waals surface area contributed by atoms with Gasteiger partial charge < -0.3 is 14.8 Å². The van der Waals surface area contributed by atoms with Crippen LogP contribution in [-0.2, 0) is 0 Å². The van der Waals surface area contributed by atoms with E-state index in [4.69, 9.17) is 9.47 Å². The topological polar surface area (TPSA) is 30.5 Å². The van der Waals surface area contributed by atoms with Crippen LogP contribution in [0.1, 0.15) is 57.6 Å². The third kappa shape index (κ3) is 3.91. The molecule has 1 aliphatic carbocycles. The minimum atomic E-state index is 0.210. The Kier molecular flexibility index (Phi) is 5.92. The molecule has 0 heterocycles. The normalized spacial score (nSPS) is 23.6. The van der Waals surface area contributed by atoms with Gasteiger partial charge in [0.2, 0.25) is 0 Å². The third-order valence-corrected chi connectivity index (χ3v) is 4.72. The van der Waals surface area contributed by atoms with Gasteiger partial charge in [0.1, 0.15) is 11.5 Å². The fourth-order valence-corrected chi connectivity index (χ4v) is 3.27. The predicted octanol–water partition coefficient (Wildman–Crippen LogP) is 4.32. The number of ether oxygens (including phenoxy) is 2. The van der Waals surface area contributed by atoms with Crippen LogP contribution in [0.15, 0.2) is 18.2 Å². The molecule has 3 nitrogen and oxygen atoms in total. The second-order valence-corrected chi connectivity index (χ2v) is 6.06. The molecule has 0 radical (unpaired) electrons. The molecule has 0 bridgehead atoms. The largest absolute Gasteiger partial charge is 0.496 e. The highest BCUT2D eigenvalue weighted by Gasteiger charge is 2.24. The van der Waals surface area contributed by atoms with Crippen LogP contribution >= 0.6 is 0 Å². The number of hydrogen-bond donors (Lipinski definition) is 1. The molecule has 1 aromatic carbocycles. The van der Waals surface area contributed by atoms with E-state index in [-0.39, 0.29) is 6.04 Å². The highest BCUT2D eigenvalue weighted by Crippen LogP contribution is 2.37. The van der Waals surface area contributed by atoms with Gasteiger partial charge in [0, 0.05) is 6.04 Å². The van der Waals surface area contributed by atoms with E-state index >= 15 is 0 Å². The minimum absolute atomic E-state index is 0.210. The first-order valence-corrected chi connectivity index (χ1v) is 8.20. The molecule has 0 amide bonds. The molecule has 21 heavy (non-hydrogen) atoms. The van der Waals surface area contributed by atoms with Gasteiger partial charge in [-0.05, 0) is 51.3 Å². The van der Waals surface area contributed by atoms with Crippen molar-refractivity contribution in [1.82, 2.24) is 5.32 Å². The fraction of sp³-hybridized carbons (Fsp3) is 0.667. The molecule has 3 atom stereocenters. The molecule has 3 unspecified atom stereocenters. The molecule has 118 valence electrons. The Bertz CT molecular complexity index is 447. The predicted molar refractivity (Wildman–Crippen MR) is 87.1 cm³/mol. The lowest BCUT2D eigenvalue weighted by Gasteiger charge is -2.30. The van der Waals surface area contributed by atoms with Crippen LogP contribution in [0.3, 0.4) is 0 Å². The number of rotatable bonds is 6. The lowest BCUT2D eigenvalue weighted by molar-refractivity contribution is 0.120. The van der Waals surface area contributed by atoms with Crippen molar-refractivity contribution >= 4 is 0 Å². The summed E-state index contributed by atoms with van der Waals surface area (Å²) in [6, 6.07) is 6.30. The summed E-state index contributed by atoms with van der Waals surface area (Å²) in [6.07, 6.45) is 6.59. The van der Waals surface area contributed by atoms with Crippen LogP contribution in [0.5, 0.6) is 11.5 Å². The van der Waals surface area contributed by atoms with E-state index in [1.807, 2.05) is 19.2 Å². The van der Waals surface area contributed by atoms with Crippen LogP contribution in [0, 0.1) is 5.92 Å². The van der Waals surface area contributed by atoms with E-state index < -0.39 is 0 Å². The van der Waals surface area contributed by atoms with Crippen LogP contribution < -0.4 is 14.8 Å². The number of nitrogens with one attached hydrogen (secondary N) is 1. The first-order chi connectivity index (χ1) is 10.2. The first-order valence-electron chi connectivity index (χ1n) is 8.20. The average Bonchev–Trinajstić information content (AvgIpc) is 2.54. The maximum absolute atomic E-state index is 6.36. The molecule has 1 saturated carbocycles. The fourth-order valence-electron chi connectivity index (χ4n) is 3.27. The Morgan fingerprint density at radius 3 is 2.71 bits per heavy atom. The molecule has 1 fully saturated rings. The molecular formula is C18H29NO2. The smallest absolute Gasteiger partial charge is 0.128 e. The summed E-state index contributed by atoms with van der Waals surface area (Å²) in [5.74, 6) is 2.69. The lowest BCUT2D eigenvalue weighted by atomic mass is 9.85. The minimum Gasteiger partial charge on any atom is -0.496 e. The van der Waals surface area contributed by atoms with Crippen molar-refractivity contribution in [3.63, 3.8) is 0 Å². The summed E-state index contributed by atoms with van der Waals surface area (Å²) in [5.41, 5.74) is 1.13. The molecule has 0 aromatic heterocycles. The molecule has 0 spiro atoms. The summed E-state index contributed by atoms with van der Waals surface area (Å²) in [4.78, 5) is 0. The van der Waals surface area contributed by atoms with E-state index in [1.54, 1.807) is 7.11 Å². The highest BCUT2D eigenvalue weighted by atomic mass is 16.5. The average molecular weight is 291 g/mol. The zero-order valence-electron chi connectivity index (χ0n) is 13.8. The van der Waals surface area contributed by atoms with Crippen LogP contribution in [0.4, 0.5) is 0 Å². The zero-order valence-corrected chi connectivity index (χ0v) is 13.8. The molecular weight excluding hydrogens is 262 g/mol. The van der Waals surface area contributed by atoms with Gasteiger partial charge in [0.15, 0.2) is 0 Å². The summed E-state index contributed by atoms with van der Waals surface area (Å²) < 4.78 is 11.9. The van der Waals surface area contributed by atoms with E-state index in [0.717, 1.165) is 23.0 Å². The van der Waals surface area contributed by atoms with Crippen molar-refractivity contribution in [2.75, 3.05) is 14.2 Å². The van der Waals surface area contributed by atoms with Crippen LogP contribution in [-0.4, -0.2) is 20.3 Å². The maximum atomic E-state index is 6.36. The lowest BCUT2D eigenvalue weighted by Crippen LogP contribution is -2.26. The molecule has 0 aliphatic heterocycles. The monoisotopic (exact) mass is 291 g/mol. The van der Waals surface area contributed by atoms with Gasteiger partial charge in [0.25, 0.3) is 0 Å².